The fourth-order valence-electron chi connectivity index (χ4n) is 1.88. The monoisotopic (exact) mass is 266 g/mol. The fourth-order valence-corrected chi connectivity index (χ4v) is 1.88. The van der Waals surface area contributed by atoms with Gasteiger partial charge < -0.3 is 10.1 Å². The Bertz CT molecular complexity index is 408. The third-order valence-corrected chi connectivity index (χ3v) is 2.93. The second-order valence-corrected chi connectivity index (χ2v) is 4.53. The first-order valence-electron chi connectivity index (χ1n) is 6.70. The molecule has 0 aliphatic carbocycles. The molecule has 0 spiro atoms. The lowest BCUT2D eigenvalue weighted by molar-refractivity contribution is -0.385. The van der Waals surface area contributed by atoms with Crippen molar-refractivity contribution in [1.82, 2.24) is 5.32 Å². The Balaban J connectivity index is 2.48. The van der Waals surface area contributed by atoms with E-state index in [2.05, 4.69) is 12.2 Å². The predicted molar refractivity (Wildman–Crippen MR) is 75.5 cm³/mol. The smallest absolute Gasteiger partial charge is 0.273 e. The van der Waals surface area contributed by atoms with Crippen LogP contribution < -0.4 is 10.1 Å². The zero-order chi connectivity index (χ0) is 14.1. The first-order valence-corrected chi connectivity index (χ1v) is 6.70. The molecule has 1 rings (SSSR count). The van der Waals surface area contributed by atoms with Crippen molar-refractivity contribution in [3.63, 3.8) is 0 Å². The van der Waals surface area contributed by atoms with Crippen molar-refractivity contribution in [1.29, 1.82) is 0 Å². The molecule has 0 aromatic heterocycles. The van der Waals surface area contributed by atoms with E-state index in [9.17, 15) is 10.1 Å². The summed E-state index contributed by atoms with van der Waals surface area (Å²) in [6.45, 7) is 3.75. The average Bonchev–Trinajstić information content (AvgIpc) is 2.42. The van der Waals surface area contributed by atoms with Gasteiger partial charge >= 0.3 is 0 Å². The Labute approximate surface area is 114 Å². The Morgan fingerprint density at radius 1 is 1.26 bits per heavy atom. The molecule has 106 valence electrons. The van der Waals surface area contributed by atoms with Crippen molar-refractivity contribution >= 4 is 5.69 Å². The third kappa shape index (κ3) is 5.70. The minimum atomic E-state index is -0.396. The maximum Gasteiger partial charge on any atom is 0.273 e. The van der Waals surface area contributed by atoms with Crippen LogP contribution in [0.2, 0.25) is 0 Å². The Kier molecular flexibility index (Phi) is 6.89. The van der Waals surface area contributed by atoms with Crippen LogP contribution >= 0.6 is 0 Å². The number of hydrogen-bond donors (Lipinski definition) is 1. The van der Waals surface area contributed by atoms with E-state index in [4.69, 9.17) is 4.74 Å². The number of hydrogen-bond acceptors (Lipinski definition) is 4. The van der Waals surface area contributed by atoms with E-state index < -0.39 is 4.92 Å². The number of nitrogens with zero attached hydrogens (tertiary/aromatic N) is 1. The zero-order valence-corrected chi connectivity index (χ0v) is 11.6. The highest BCUT2D eigenvalue weighted by Crippen LogP contribution is 2.22. The molecule has 1 aromatic carbocycles. The quantitative estimate of drug-likeness (QED) is 0.423. The number of nitro groups is 1. The number of unbranched alkanes of at least 4 members (excludes halogenated alkanes) is 3. The van der Waals surface area contributed by atoms with Crippen LogP contribution in [0.3, 0.4) is 0 Å². The number of methoxy groups -OCH3 is 1. The van der Waals surface area contributed by atoms with E-state index in [1.165, 1.54) is 32.4 Å². The van der Waals surface area contributed by atoms with Crippen LogP contribution in [0, 0.1) is 10.1 Å². The first-order chi connectivity index (χ1) is 9.17. The van der Waals surface area contributed by atoms with Crippen LogP contribution in [0.5, 0.6) is 5.75 Å². The van der Waals surface area contributed by atoms with Gasteiger partial charge in [-0.25, -0.2) is 0 Å². The van der Waals surface area contributed by atoms with Crippen molar-refractivity contribution in [2.75, 3.05) is 13.7 Å². The van der Waals surface area contributed by atoms with Crippen LogP contribution in [0.1, 0.15) is 38.2 Å². The molecule has 0 saturated carbocycles. The highest BCUT2D eigenvalue weighted by atomic mass is 16.6. The van der Waals surface area contributed by atoms with Gasteiger partial charge in [0, 0.05) is 12.6 Å². The highest BCUT2D eigenvalue weighted by molar-refractivity contribution is 5.42. The number of nitrogens with one attached hydrogen (secondary N) is 1. The summed E-state index contributed by atoms with van der Waals surface area (Å²) in [5.74, 6) is 0.525. The van der Waals surface area contributed by atoms with Crippen molar-refractivity contribution in [3.05, 3.63) is 33.9 Å². The SMILES string of the molecule is CCCCCCNCc1cc(OC)cc([N+](=O)[O-])c1. The molecule has 19 heavy (non-hydrogen) atoms. The number of non-ortho nitro benzene ring substituents is 1. The largest absolute Gasteiger partial charge is 0.496 e. The molecule has 1 aromatic rings. The van der Waals surface area contributed by atoms with E-state index >= 15 is 0 Å². The molecule has 5 heteroatoms. The third-order valence-electron chi connectivity index (χ3n) is 2.93. The molecule has 5 nitrogen and oxygen atoms in total. The Hall–Kier alpha value is -1.62. The zero-order valence-electron chi connectivity index (χ0n) is 11.6. The fraction of sp³-hybridized carbons (Fsp3) is 0.571. The topological polar surface area (TPSA) is 64.4 Å². The van der Waals surface area contributed by atoms with Crippen LogP contribution in [0.25, 0.3) is 0 Å². The Morgan fingerprint density at radius 3 is 2.68 bits per heavy atom. The van der Waals surface area contributed by atoms with Crippen LogP contribution in [0.4, 0.5) is 5.69 Å². The van der Waals surface area contributed by atoms with Crippen molar-refractivity contribution in [2.45, 2.75) is 39.2 Å². The van der Waals surface area contributed by atoms with Crippen LogP contribution in [-0.2, 0) is 6.54 Å². The molecule has 0 aliphatic heterocycles. The molecule has 0 unspecified atom stereocenters. The van der Waals surface area contributed by atoms with Gasteiger partial charge in [-0.2, -0.15) is 0 Å². The number of benzene rings is 1. The van der Waals surface area contributed by atoms with Gasteiger partial charge in [0.2, 0.25) is 0 Å². The van der Waals surface area contributed by atoms with Crippen molar-refractivity contribution in [2.24, 2.45) is 0 Å². The standard InChI is InChI=1S/C14H22N2O3/c1-3-4-5-6-7-15-11-12-8-13(16(17)18)10-14(9-12)19-2/h8-10,15H,3-7,11H2,1-2H3. The first kappa shape index (κ1) is 15.4. The molecule has 0 atom stereocenters. The summed E-state index contributed by atoms with van der Waals surface area (Å²) < 4.78 is 5.07. The molecular formula is C14H22N2O3. The maximum atomic E-state index is 10.8. The summed E-state index contributed by atoms with van der Waals surface area (Å²) in [5.41, 5.74) is 0.948. The second kappa shape index (κ2) is 8.48. The number of ether oxygens (including phenoxy) is 1. The molecule has 0 bridgehead atoms. The summed E-state index contributed by atoms with van der Waals surface area (Å²) in [6.07, 6.45) is 4.84. The van der Waals surface area contributed by atoms with Gasteiger partial charge in [0.25, 0.3) is 5.69 Å². The number of nitro benzene ring substituents is 1. The molecule has 0 saturated heterocycles. The lowest BCUT2D eigenvalue weighted by atomic mass is 10.1. The minimum Gasteiger partial charge on any atom is -0.496 e. The van der Waals surface area contributed by atoms with Gasteiger partial charge in [0.15, 0.2) is 0 Å². The maximum absolute atomic E-state index is 10.8. The lowest BCUT2D eigenvalue weighted by Gasteiger charge is -2.07. The summed E-state index contributed by atoms with van der Waals surface area (Å²) in [7, 11) is 1.51. The van der Waals surface area contributed by atoms with Crippen molar-refractivity contribution in [3.8, 4) is 5.75 Å². The van der Waals surface area contributed by atoms with Crippen molar-refractivity contribution < 1.29 is 9.66 Å². The predicted octanol–water partition coefficient (Wildman–Crippen LogP) is 3.27. The van der Waals surface area contributed by atoms with Gasteiger partial charge in [0.1, 0.15) is 5.75 Å². The molecule has 0 radical (unpaired) electrons. The van der Waals surface area contributed by atoms with Gasteiger partial charge in [0.05, 0.1) is 18.1 Å². The summed E-state index contributed by atoms with van der Waals surface area (Å²) in [6, 6.07) is 4.85. The molecule has 0 amide bonds. The van der Waals surface area contributed by atoms with Crippen LogP contribution in [0.15, 0.2) is 18.2 Å². The summed E-state index contributed by atoms with van der Waals surface area (Å²) in [5, 5.41) is 14.1. The molecule has 0 heterocycles. The Morgan fingerprint density at radius 2 is 2.05 bits per heavy atom. The lowest BCUT2D eigenvalue weighted by Crippen LogP contribution is -2.14. The van der Waals surface area contributed by atoms with E-state index in [-0.39, 0.29) is 5.69 Å². The minimum absolute atomic E-state index is 0.0714. The molecular weight excluding hydrogens is 244 g/mol. The van der Waals surface area contributed by atoms with Gasteiger partial charge in [-0.1, -0.05) is 26.2 Å². The highest BCUT2D eigenvalue weighted by Gasteiger charge is 2.09. The molecule has 0 aliphatic rings. The number of rotatable bonds is 9. The molecule has 0 fully saturated rings. The van der Waals surface area contributed by atoms with E-state index in [1.54, 1.807) is 6.07 Å². The summed E-state index contributed by atoms with van der Waals surface area (Å²) in [4.78, 5) is 10.4. The van der Waals surface area contributed by atoms with Gasteiger partial charge in [-0.3, -0.25) is 10.1 Å². The van der Waals surface area contributed by atoms with Gasteiger partial charge in [-0.05, 0) is 24.6 Å². The summed E-state index contributed by atoms with van der Waals surface area (Å²) >= 11 is 0. The molecule has 1 N–H and O–H groups in total. The second-order valence-electron chi connectivity index (χ2n) is 4.53. The normalized spacial score (nSPS) is 10.4. The van der Waals surface area contributed by atoms with Crippen LogP contribution in [-0.4, -0.2) is 18.6 Å². The van der Waals surface area contributed by atoms with E-state index in [1.807, 2.05) is 6.07 Å². The van der Waals surface area contributed by atoms with E-state index in [0.717, 1.165) is 18.5 Å². The van der Waals surface area contributed by atoms with E-state index in [0.29, 0.717) is 12.3 Å². The van der Waals surface area contributed by atoms with Gasteiger partial charge in [-0.15, -0.1) is 0 Å². The average molecular weight is 266 g/mol.